The van der Waals surface area contributed by atoms with Crippen molar-refractivity contribution in [3.8, 4) is 11.5 Å². The molecular weight excluding hydrogens is 340 g/mol. The van der Waals surface area contributed by atoms with Crippen molar-refractivity contribution < 1.29 is 17.9 Å². The predicted molar refractivity (Wildman–Crippen MR) is 96.8 cm³/mol. The van der Waals surface area contributed by atoms with Gasteiger partial charge in [-0.05, 0) is 30.7 Å². The second kappa shape index (κ2) is 6.93. The summed E-state index contributed by atoms with van der Waals surface area (Å²) in [4.78, 5) is 0.0956. The number of nitrogens with one attached hydrogen (secondary N) is 1. The van der Waals surface area contributed by atoms with Crippen molar-refractivity contribution in [1.82, 2.24) is 5.32 Å². The van der Waals surface area contributed by atoms with Gasteiger partial charge in [-0.15, -0.1) is 0 Å². The molecule has 0 saturated heterocycles. The summed E-state index contributed by atoms with van der Waals surface area (Å²) in [5, 5.41) is 3.34. The van der Waals surface area contributed by atoms with Gasteiger partial charge in [0.1, 0.15) is 16.4 Å². The molecule has 2 aromatic carbocycles. The summed E-state index contributed by atoms with van der Waals surface area (Å²) in [6, 6.07) is 12.3. The monoisotopic (exact) mass is 362 g/mol. The number of para-hydroxylation sites is 1. The summed E-state index contributed by atoms with van der Waals surface area (Å²) >= 11 is 0. The molecule has 1 N–H and O–H groups in total. The standard InChI is InChI=1S/C18H22N2O4S/c1-13-12-20(16-7-5-4-6-14(16)11-19-13)25(21,22)18-10-15(23-2)8-9-17(18)24-3/h4-10,13,19H,11-12H2,1-3H3. The molecule has 0 radical (unpaired) electrons. The van der Waals surface area contributed by atoms with Crippen molar-refractivity contribution in [3.05, 3.63) is 48.0 Å². The zero-order chi connectivity index (χ0) is 18.0. The van der Waals surface area contributed by atoms with E-state index in [-0.39, 0.29) is 10.9 Å². The van der Waals surface area contributed by atoms with Crippen molar-refractivity contribution in [3.63, 3.8) is 0 Å². The molecule has 0 saturated carbocycles. The van der Waals surface area contributed by atoms with Crippen LogP contribution < -0.4 is 19.1 Å². The lowest BCUT2D eigenvalue weighted by Gasteiger charge is -2.26. The number of ether oxygens (including phenoxy) is 2. The van der Waals surface area contributed by atoms with E-state index in [1.54, 1.807) is 12.1 Å². The first-order chi connectivity index (χ1) is 12.0. The fraction of sp³-hybridized carbons (Fsp3) is 0.333. The predicted octanol–water partition coefficient (Wildman–Crippen LogP) is 2.39. The van der Waals surface area contributed by atoms with Crippen molar-refractivity contribution in [1.29, 1.82) is 0 Å². The highest BCUT2D eigenvalue weighted by molar-refractivity contribution is 7.93. The van der Waals surface area contributed by atoms with E-state index in [1.807, 2.05) is 31.2 Å². The quantitative estimate of drug-likeness (QED) is 0.905. The second-order valence-corrected chi connectivity index (χ2v) is 7.79. The average Bonchev–Trinajstić information content (AvgIpc) is 2.81. The minimum Gasteiger partial charge on any atom is -0.497 e. The molecule has 0 spiro atoms. The molecule has 25 heavy (non-hydrogen) atoms. The summed E-state index contributed by atoms with van der Waals surface area (Å²) in [5.74, 6) is 0.761. The summed E-state index contributed by atoms with van der Waals surface area (Å²) in [6.45, 7) is 2.93. The molecule has 6 nitrogen and oxygen atoms in total. The van der Waals surface area contributed by atoms with Gasteiger partial charge in [0, 0.05) is 25.2 Å². The van der Waals surface area contributed by atoms with E-state index >= 15 is 0 Å². The Morgan fingerprint density at radius 1 is 1.12 bits per heavy atom. The van der Waals surface area contributed by atoms with E-state index < -0.39 is 10.0 Å². The molecule has 134 valence electrons. The number of methoxy groups -OCH3 is 2. The van der Waals surface area contributed by atoms with Gasteiger partial charge in [-0.3, -0.25) is 4.31 Å². The van der Waals surface area contributed by atoms with E-state index in [0.717, 1.165) is 5.56 Å². The van der Waals surface area contributed by atoms with E-state index in [1.165, 1.54) is 24.6 Å². The van der Waals surface area contributed by atoms with Crippen LogP contribution in [0.3, 0.4) is 0 Å². The second-order valence-electron chi connectivity index (χ2n) is 5.96. The van der Waals surface area contributed by atoms with Gasteiger partial charge in [0.2, 0.25) is 0 Å². The van der Waals surface area contributed by atoms with Crippen LogP contribution in [0.15, 0.2) is 47.4 Å². The molecule has 0 bridgehead atoms. The number of hydrogen-bond acceptors (Lipinski definition) is 5. The number of anilines is 1. The van der Waals surface area contributed by atoms with Gasteiger partial charge in [-0.25, -0.2) is 8.42 Å². The lowest BCUT2D eigenvalue weighted by atomic mass is 10.2. The summed E-state index contributed by atoms with van der Waals surface area (Å²) < 4.78 is 38.9. The Bertz CT molecular complexity index is 867. The fourth-order valence-corrected chi connectivity index (χ4v) is 4.70. The maximum Gasteiger partial charge on any atom is 0.268 e. The lowest BCUT2D eigenvalue weighted by molar-refractivity contribution is 0.392. The Morgan fingerprint density at radius 2 is 1.88 bits per heavy atom. The Morgan fingerprint density at radius 3 is 2.60 bits per heavy atom. The molecule has 1 heterocycles. The van der Waals surface area contributed by atoms with Crippen LogP contribution in [0, 0.1) is 0 Å². The average molecular weight is 362 g/mol. The highest BCUT2D eigenvalue weighted by Crippen LogP contribution is 2.35. The van der Waals surface area contributed by atoms with Crippen LogP contribution in [0.5, 0.6) is 11.5 Å². The zero-order valence-corrected chi connectivity index (χ0v) is 15.3. The van der Waals surface area contributed by atoms with Gasteiger partial charge in [0.25, 0.3) is 10.0 Å². The Hall–Kier alpha value is -2.25. The van der Waals surface area contributed by atoms with E-state index in [4.69, 9.17) is 9.47 Å². The molecule has 1 aliphatic rings. The molecule has 0 amide bonds. The highest BCUT2D eigenvalue weighted by atomic mass is 32.2. The van der Waals surface area contributed by atoms with Gasteiger partial charge in [0.05, 0.1) is 19.9 Å². The molecule has 0 aliphatic carbocycles. The summed E-state index contributed by atoms with van der Waals surface area (Å²) in [6.07, 6.45) is 0. The molecule has 1 atom stereocenters. The molecular formula is C18H22N2O4S. The third-order valence-corrected chi connectivity index (χ3v) is 6.08. The van der Waals surface area contributed by atoms with Gasteiger partial charge < -0.3 is 14.8 Å². The van der Waals surface area contributed by atoms with Crippen LogP contribution in [0.1, 0.15) is 12.5 Å². The topological polar surface area (TPSA) is 67.9 Å². The normalized spacial score (nSPS) is 17.6. The van der Waals surface area contributed by atoms with Crippen LogP contribution in [0.4, 0.5) is 5.69 Å². The number of rotatable bonds is 4. The van der Waals surface area contributed by atoms with Gasteiger partial charge in [-0.2, -0.15) is 0 Å². The molecule has 7 heteroatoms. The van der Waals surface area contributed by atoms with Crippen LogP contribution in [-0.4, -0.2) is 35.2 Å². The molecule has 1 unspecified atom stereocenters. The van der Waals surface area contributed by atoms with E-state index in [0.29, 0.717) is 30.3 Å². The minimum absolute atomic E-state index is 0.0128. The van der Waals surface area contributed by atoms with E-state index in [9.17, 15) is 8.42 Å². The third kappa shape index (κ3) is 3.29. The summed E-state index contributed by atoms with van der Waals surface area (Å²) in [5.41, 5.74) is 1.63. The Kier molecular flexibility index (Phi) is 4.87. The maximum absolute atomic E-state index is 13.5. The SMILES string of the molecule is COc1ccc(OC)c(S(=O)(=O)N2CC(C)NCc3ccccc32)c1. The number of fused-ring (bicyclic) bond motifs is 1. The van der Waals surface area contributed by atoms with Crippen LogP contribution >= 0.6 is 0 Å². The number of sulfonamides is 1. The van der Waals surface area contributed by atoms with Crippen molar-refractivity contribution in [2.45, 2.75) is 24.4 Å². The molecule has 3 rings (SSSR count). The maximum atomic E-state index is 13.5. The minimum atomic E-state index is -3.82. The van der Waals surface area contributed by atoms with Crippen LogP contribution in [-0.2, 0) is 16.6 Å². The van der Waals surface area contributed by atoms with Gasteiger partial charge in [0.15, 0.2) is 0 Å². The first kappa shape index (κ1) is 17.6. The van der Waals surface area contributed by atoms with Crippen LogP contribution in [0.25, 0.3) is 0 Å². The molecule has 0 fully saturated rings. The van der Waals surface area contributed by atoms with Crippen LogP contribution in [0.2, 0.25) is 0 Å². The van der Waals surface area contributed by atoms with Crippen molar-refractivity contribution in [2.24, 2.45) is 0 Å². The van der Waals surface area contributed by atoms with E-state index in [2.05, 4.69) is 5.32 Å². The fourth-order valence-electron chi connectivity index (χ4n) is 2.93. The lowest BCUT2D eigenvalue weighted by Crippen LogP contribution is -2.39. The molecule has 2 aromatic rings. The van der Waals surface area contributed by atoms with Gasteiger partial charge >= 0.3 is 0 Å². The molecule has 0 aromatic heterocycles. The number of benzene rings is 2. The Balaban J connectivity index is 2.17. The van der Waals surface area contributed by atoms with Gasteiger partial charge in [-0.1, -0.05) is 18.2 Å². The third-order valence-electron chi connectivity index (χ3n) is 4.28. The Labute approximate surface area is 148 Å². The number of nitrogens with zero attached hydrogens (tertiary/aromatic N) is 1. The van der Waals surface area contributed by atoms with Crippen molar-refractivity contribution >= 4 is 15.7 Å². The smallest absolute Gasteiger partial charge is 0.268 e. The first-order valence-corrected chi connectivity index (χ1v) is 9.47. The zero-order valence-electron chi connectivity index (χ0n) is 14.5. The molecule has 1 aliphatic heterocycles. The number of hydrogen-bond donors (Lipinski definition) is 1. The summed E-state index contributed by atoms with van der Waals surface area (Å²) in [7, 11) is -0.854. The van der Waals surface area contributed by atoms with Crippen molar-refractivity contribution in [2.75, 3.05) is 25.1 Å². The highest BCUT2D eigenvalue weighted by Gasteiger charge is 2.32. The largest absolute Gasteiger partial charge is 0.497 e. The first-order valence-electron chi connectivity index (χ1n) is 8.03.